The molecule has 3 N–H and O–H groups in total. The molecule has 0 bridgehead atoms. The van der Waals surface area contributed by atoms with Gasteiger partial charge < -0.3 is 15.6 Å². The van der Waals surface area contributed by atoms with Crippen LogP contribution in [-0.4, -0.2) is 18.0 Å². The number of nitrogens with two attached hydrogens (primary N) is 1. The number of nitrogen functional groups attached to an aromatic ring is 1. The van der Waals surface area contributed by atoms with Crippen LogP contribution in [-0.2, 0) is 0 Å². The van der Waals surface area contributed by atoms with Gasteiger partial charge in [-0.2, -0.15) is 0 Å². The molecular formula is C16H15NO3. The molecule has 102 valence electrons. The Morgan fingerprint density at radius 1 is 1.20 bits per heavy atom. The third kappa shape index (κ3) is 3.17. The van der Waals surface area contributed by atoms with Crippen molar-refractivity contribution in [1.29, 1.82) is 0 Å². The maximum atomic E-state index is 11.9. The van der Waals surface area contributed by atoms with Crippen molar-refractivity contribution in [3.05, 3.63) is 59.7 Å². The first-order chi connectivity index (χ1) is 9.60. The van der Waals surface area contributed by atoms with Gasteiger partial charge in [0.05, 0.1) is 7.11 Å². The lowest BCUT2D eigenvalue weighted by Crippen LogP contribution is -1.94. The summed E-state index contributed by atoms with van der Waals surface area (Å²) in [4.78, 5) is 11.9. The van der Waals surface area contributed by atoms with Gasteiger partial charge in [0.1, 0.15) is 0 Å². The molecule has 2 aromatic rings. The van der Waals surface area contributed by atoms with Crippen LogP contribution in [0.5, 0.6) is 11.5 Å². The molecule has 0 aliphatic carbocycles. The van der Waals surface area contributed by atoms with Gasteiger partial charge >= 0.3 is 0 Å². The molecule has 0 heterocycles. The van der Waals surface area contributed by atoms with E-state index >= 15 is 0 Å². The zero-order valence-electron chi connectivity index (χ0n) is 11.0. The van der Waals surface area contributed by atoms with Gasteiger partial charge in [-0.25, -0.2) is 0 Å². The molecule has 2 rings (SSSR count). The fourth-order valence-corrected chi connectivity index (χ4v) is 1.71. The van der Waals surface area contributed by atoms with Crippen LogP contribution in [0.2, 0.25) is 0 Å². The summed E-state index contributed by atoms with van der Waals surface area (Å²) in [6, 6.07) is 11.6. The second-order valence-electron chi connectivity index (χ2n) is 4.25. The third-order valence-electron chi connectivity index (χ3n) is 2.83. The number of ether oxygens (including phenoxy) is 1. The third-order valence-corrected chi connectivity index (χ3v) is 2.83. The summed E-state index contributed by atoms with van der Waals surface area (Å²) in [7, 11) is 1.47. The average Bonchev–Trinajstić information content (AvgIpc) is 2.46. The van der Waals surface area contributed by atoms with Gasteiger partial charge in [0.25, 0.3) is 0 Å². The predicted octanol–water partition coefficient (Wildman–Crippen LogP) is 2.88. The molecule has 4 nitrogen and oxygen atoms in total. The highest BCUT2D eigenvalue weighted by Crippen LogP contribution is 2.26. The second kappa shape index (κ2) is 5.93. The van der Waals surface area contributed by atoms with Crippen molar-refractivity contribution in [1.82, 2.24) is 0 Å². The molecule has 0 saturated carbocycles. The molecule has 0 aliphatic rings. The lowest BCUT2D eigenvalue weighted by atomic mass is 10.1. The molecule has 0 radical (unpaired) electrons. The van der Waals surface area contributed by atoms with Crippen LogP contribution in [0.15, 0.2) is 48.5 Å². The van der Waals surface area contributed by atoms with E-state index in [9.17, 15) is 9.90 Å². The first-order valence-corrected chi connectivity index (χ1v) is 6.05. The smallest absolute Gasteiger partial charge is 0.185 e. The maximum absolute atomic E-state index is 11.9. The van der Waals surface area contributed by atoms with E-state index in [1.807, 2.05) is 0 Å². The van der Waals surface area contributed by atoms with E-state index < -0.39 is 0 Å². The van der Waals surface area contributed by atoms with Crippen molar-refractivity contribution in [3.8, 4) is 11.5 Å². The molecule has 0 aromatic heterocycles. The number of aromatic hydroxyl groups is 1. The molecule has 0 atom stereocenters. The number of carbonyl (C=O) groups excluding carboxylic acids is 1. The summed E-state index contributed by atoms with van der Waals surface area (Å²) < 4.78 is 5.01. The van der Waals surface area contributed by atoms with Gasteiger partial charge in [0, 0.05) is 11.3 Å². The number of methoxy groups -OCH3 is 1. The molecule has 0 saturated heterocycles. The summed E-state index contributed by atoms with van der Waals surface area (Å²) in [5.74, 6) is 0.318. The quantitative estimate of drug-likeness (QED) is 0.508. The predicted molar refractivity (Wildman–Crippen MR) is 78.9 cm³/mol. The van der Waals surface area contributed by atoms with Crippen LogP contribution in [0, 0.1) is 0 Å². The Labute approximate surface area is 117 Å². The zero-order valence-corrected chi connectivity index (χ0v) is 11.0. The fraction of sp³-hybridized carbons (Fsp3) is 0.0625. The summed E-state index contributed by atoms with van der Waals surface area (Å²) in [6.45, 7) is 0. The Hall–Kier alpha value is -2.75. The Morgan fingerprint density at radius 3 is 2.55 bits per heavy atom. The molecule has 0 aliphatic heterocycles. The van der Waals surface area contributed by atoms with Crippen LogP contribution in [0.25, 0.3) is 6.08 Å². The molecule has 0 fully saturated rings. The van der Waals surface area contributed by atoms with Crippen LogP contribution in [0.3, 0.4) is 0 Å². The largest absolute Gasteiger partial charge is 0.504 e. The first kappa shape index (κ1) is 13.7. The van der Waals surface area contributed by atoms with Gasteiger partial charge in [0.2, 0.25) is 0 Å². The molecule has 20 heavy (non-hydrogen) atoms. The normalized spacial score (nSPS) is 10.7. The minimum absolute atomic E-state index is 0.0644. The van der Waals surface area contributed by atoms with E-state index in [4.69, 9.17) is 10.5 Å². The Morgan fingerprint density at radius 2 is 1.90 bits per heavy atom. The van der Waals surface area contributed by atoms with Crippen LogP contribution >= 0.6 is 0 Å². The second-order valence-corrected chi connectivity index (χ2v) is 4.25. The highest BCUT2D eigenvalue weighted by molar-refractivity contribution is 6.06. The van der Waals surface area contributed by atoms with Crippen molar-refractivity contribution in [3.63, 3.8) is 0 Å². The van der Waals surface area contributed by atoms with Gasteiger partial charge in [-0.15, -0.1) is 0 Å². The summed E-state index contributed by atoms with van der Waals surface area (Å²) in [5, 5.41) is 9.49. The number of rotatable bonds is 4. The topological polar surface area (TPSA) is 72.5 Å². The minimum Gasteiger partial charge on any atom is -0.504 e. The molecule has 0 unspecified atom stereocenters. The van der Waals surface area contributed by atoms with Crippen molar-refractivity contribution in [2.45, 2.75) is 0 Å². The van der Waals surface area contributed by atoms with Gasteiger partial charge in [-0.3, -0.25) is 4.79 Å². The minimum atomic E-state index is -0.114. The number of phenolic OH excluding ortho intramolecular Hbond substituents is 1. The van der Waals surface area contributed by atoms with Crippen LogP contribution in [0.1, 0.15) is 15.9 Å². The monoisotopic (exact) mass is 269 g/mol. The first-order valence-electron chi connectivity index (χ1n) is 6.05. The zero-order chi connectivity index (χ0) is 14.5. The summed E-state index contributed by atoms with van der Waals surface area (Å²) >= 11 is 0. The SMILES string of the molecule is COc1cc(/C=C/C(=O)c2ccc(N)cc2)ccc1O. The highest BCUT2D eigenvalue weighted by atomic mass is 16.5. The molecular weight excluding hydrogens is 254 g/mol. The Kier molecular flexibility index (Phi) is 4.05. The number of phenols is 1. The number of allylic oxidation sites excluding steroid dienone is 1. The van der Waals surface area contributed by atoms with Crippen LogP contribution < -0.4 is 10.5 Å². The van der Waals surface area contributed by atoms with E-state index in [1.165, 1.54) is 19.3 Å². The number of carbonyl (C=O) groups is 1. The summed E-state index contributed by atoms with van der Waals surface area (Å²) in [5.41, 5.74) is 7.53. The number of hydrogen-bond acceptors (Lipinski definition) is 4. The fourth-order valence-electron chi connectivity index (χ4n) is 1.71. The number of benzene rings is 2. The van der Waals surface area contributed by atoms with E-state index in [2.05, 4.69) is 0 Å². The van der Waals surface area contributed by atoms with E-state index in [0.29, 0.717) is 17.0 Å². The van der Waals surface area contributed by atoms with Crippen LogP contribution in [0.4, 0.5) is 5.69 Å². The van der Waals surface area contributed by atoms with Crippen molar-refractivity contribution in [2.24, 2.45) is 0 Å². The number of ketones is 1. The average molecular weight is 269 g/mol. The number of hydrogen-bond donors (Lipinski definition) is 2. The van der Waals surface area contributed by atoms with Crippen molar-refractivity contribution in [2.75, 3.05) is 12.8 Å². The van der Waals surface area contributed by atoms with E-state index in [1.54, 1.807) is 42.5 Å². The van der Waals surface area contributed by atoms with E-state index in [-0.39, 0.29) is 11.5 Å². The maximum Gasteiger partial charge on any atom is 0.185 e. The lowest BCUT2D eigenvalue weighted by Gasteiger charge is -2.03. The molecule has 0 amide bonds. The van der Waals surface area contributed by atoms with Crippen molar-refractivity contribution < 1.29 is 14.6 Å². The van der Waals surface area contributed by atoms with E-state index in [0.717, 1.165) is 5.56 Å². The van der Waals surface area contributed by atoms with Gasteiger partial charge in [0.15, 0.2) is 17.3 Å². The lowest BCUT2D eigenvalue weighted by molar-refractivity contribution is 0.104. The van der Waals surface area contributed by atoms with Crippen molar-refractivity contribution >= 4 is 17.5 Å². The molecule has 4 heteroatoms. The summed E-state index contributed by atoms with van der Waals surface area (Å²) in [6.07, 6.45) is 3.14. The van der Waals surface area contributed by atoms with Gasteiger partial charge in [-0.1, -0.05) is 12.1 Å². The Bertz CT molecular complexity index is 645. The molecule has 2 aromatic carbocycles. The Balaban J connectivity index is 2.16. The van der Waals surface area contributed by atoms with Gasteiger partial charge in [-0.05, 0) is 48.0 Å². The number of anilines is 1. The molecule has 0 spiro atoms. The highest BCUT2D eigenvalue weighted by Gasteiger charge is 2.03. The standard InChI is InChI=1S/C16H15NO3/c1-20-16-10-11(3-9-15(16)19)2-8-14(18)12-4-6-13(17)7-5-12/h2-10,19H,17H2,1H3/b8-2+.